The molecule has 45 heavy (non-hydrogen) atoms. The molecule has 0 atom stereocenters. The molecule has 0 fully saturated rings. The van der Waals surface area contributed by atoms with E-state index in [1.807, 2.05) is 0 Å². The zero-order valence-corrected chi connectivity index (χ0v) is 25.7. The summed E-state index contributed by atoms with van der Waals surface area (Å²) in [6.45, 7) is 4.74. The summed E-state index contributed by atoms with van der Waals surface area (Å²) in [7, 11) is 0. The van der Waals surface area contributed by atoms with Crippen LogP contribution in [-0.4, -0.2) is 14.5 Å². The summed E-state index contributed by atoms with van der Waals surface area (Å²) in [5.41, 5.74) is 10.6. The number of nitrogens with zero attached hydrogens (tertiary/aromatic N) is 3. The molecule has 212 valence electrons. The number of rotatable bonds is 2. The van der Waals surface area contributed by atoms with Gasteiger partial charge >= 0.3 is 0 Å². The molecule has 0 spiro atoms. The molecule has 0 unspecified atom stereocenters. The molecular formula is C41H27N3S. The molecule has 0 N–H and O–H groups in total. The van der Waals surface area contributed by atoms with E-state index < -0.39 is 0 Å². The van der Waals surface area contributed by atoms with Crippen LogP contribution in [0, 0.1) is 0 Å². The summed E-state index contributed by atoms with van der Waals surface area (Å²) in [6.07, 6.45) is 0. The Morgan fingerprint density at radius 3 is 2.20 bits per heavy atom. The zero-order valence-electron chi connectivity index (χ0n) is 24.9. The van der Waals surface area contributed by atoms with Gasteiger partial charge in [0.1, 0.15) is 0 Å². The maximum atomic E-state index is 5.38. The molecule has 9 aromatic rings. The van der Waals surface area contributed by atoms with Gasteiger partial charge in [-0.25, -0.2) is 9.97 Å². The molecule has 1 aliphatic carbocycles. The van der Waals surface area contributed by atoms with Gasteiger partial charge in [-0.1, -0.05) is 117 Å². The minimum atomic E-state index is -0.162. The molecule has 3 heterocycles. The molecule has 0 amide bonds. The van der Waals surface area contributed by atoms with Crippen molar-refractivity contribution in [1.82, 2.24) is 14.5 Å². The van der Waals surface area contributed by atoms with Gasteiger partial charge in [-0.3, -0.25) is 4.57 Å². The van der Waals surface area contributed by atoms with E-state index in [1.54, 1.807) is 11.3 Å². The predicted octanol–water partition coefficient (Wildman–Crippen LogP) is 11.1. The standard InChI is InChI=1S/C41H27N3S/c1-41(2)32-23-34-31(22-30(32)28-21-20-24-12-6-7-15-26(24)36(28)41)27-16-8-10-18-33(27)44(34)40-42-37(25-13-4-3-5-14-25)39-38(43-40)29-17-9-11-19-35(29)45-39/h3-23H,1-2H3. The number of para-hydroxylation sites is 1. The second-order valence-corrected chi connectivity index (χ2v) is 13.7. The lowest BCUT2D eigenvalue weighted by molar-refractivity contribution is 0.667. The lowest BCUT2D eigenvalue weighted by atomic mass is 9.80. The van der Waals surface area contributed by atoms with Gasteiger partial charge < -0.3 is 0 Å². The van der Waals surface area contributed by atoms with Crippen LogP contribution in [0.1, 0.15) is 25.0 Å². The van der Waals surface area contributed by atoms with Crippen molar-refractivity contribution in [2.75, 3.05) is 0 Å². The highest BCUT2D eigenvalue weighted by molar-refractivity contribution is 7.26. The van der Waals surface area contributed by atoms with Gasteiger partial charge in [-0.15, -0.1) is 11.3 Å². The SMILES string of the molecule is CC1(C)c2cc3c(cc2-c2ccc4ccccc4c21)c1ccccc1n3-c1nc(-c2ccccc2)c2sc3ccccc3c2n1. The summed E-state index contributed by atoms with van der Waals surface area (Å²) < 4.78 is 4.64. The average molecular weight is 594 g/mol. The lowest BCUT2D eigenvalue weighted by Gasteiger charge is -2.23. The molecule has 3 aromatic heterocycles. The predicted molar refractivity (Wildman–Crippen MR) is 190 cm³/mol. The van der Waals surface area contributed by atoms with Gasteiger partial charge in [0.25, 0.3) is 0 Å². The Morgan fingerprint density at radius 1 is 0.600 bits per heavy atom. The van der Waals surface area contributed by atoms with E-state index in [0.29, 0.717) is 5.95 Å². The minimum Gasteiger partial charge on any atom is -0.278 e. The highest BCUT2D eigenvalue weighted by Gasteiger charge is 2.38. The molecule has 0 aliphatic heterocycles. The summed E-state index contributed by atoms with van der Waals surface area (Å²) >= 11 is 1.77. The first kappa shape index (κ1) is 25.1. The van der Waals surface area contributed by atoms with E-state index in [1.165, 1.54) is 53.9 Å². The Labute approximate surface area is 264 Å². The van der Waals surface area contributed by atoms with Crippen molar-refractivity contribution in [2.45, 2.75) is 19.3 Å². The number of hydrogen-bond donors (Lipinski definition) is 0. The van der Waals surface area contributed by atoms with Crippen LogP contribution in [0.15, 0.2) is 127 Å². The van der Waals surface area contributed by atoms with Crippen LogP contribution in [0.3, 0.4) is 0 Å². The zero-order chi connectivity index (χ0) is 29.9. The first-order chi connectivity index (χ1) is 22.1. The largest absolute Gasteiger partial charge is 0.278 e. The average Bonchev–Trinajstić information content (AvgIpc) is 3.69. The third-order valence-electron chi connectivity index (χ3n) is 9.78. The molecule has 0 saturated carbocycles. The van der Waals surface area contributed by atoms with Crippen molar-refractivity contribution < 1.29 is 0 Å². The van der Waals surface area contributed by atoms with Crippen LogP contribution in [0.4, 0.5) is 0 Å². The number of thiophene rings is 1. The summed E-state index contributed by atoms with van der Waals surface area (Å²) in [6, 6.07) is 46.0. The molecule has 1 aliphatic rings. The van der Waals surface area contributed by atoms with Crippen LogP contribution in [0.5, 0.6) is 0 Å². The molecule has 6 aromatic carbocycles. The topological polar surface area (TPSA) is 30.7 Å². The Hall–Kier alpha value is -5.32. The summed E-state index contributed by atoms with van der Waals surface area (Å²) in [5.74, 6) is 0.704. The number of hydrogen-bond acceptors (Lipinski definition) is 3. The highest BCUT2D eigenvalue weighted by atomic mass is 32.1. The fourth-order valence-electron chi connectivity index (χ4n) is 7.75. The molecule has 0 saturated heterocycles. The first-order valence-corrected chi connectivity index (χ1v) is 16.2. The third kappa shape index (κ3) is 3.35. The van der Waals surface area contributed by atoms with Crippen molar-refractivity contribution in [1.29, 1.82) is 0 Å². The summed E-state index contributed by atoms with van der Waals surface area (Å²) in [4.78, 5) is 10.7. The Balaban J connectivity index is 1.32. The molecule has 3 nitrogen and oxygen atoms in total. The van der Waals surface area contributed by atoms with Gasteiger partial charge in [0.05, 0.1) is 26.9 Å². The van der Waals surface area contributed by atoms with E-state index in [4.69, 9.17) is 9.97 Å². The van der Waals surface area contributed by atoms with Crippen LogP contribution < -0.4 is 0 Å². The fourth-order valence-corrected chi connectivity index (χ4v) is 8.90. The molecule has 0 radical (unpaired) electrons. The van der Waals surface area contributed by atoms with Crippen LogP contribution >= 0.6 is 11.3 Å². The van der Waals surface area contributed by atoms with Gasteiger partial charge in [-0.05, 0) is 57.3 Å². The second kappa shape index (κ2) is 8.87. The van der Waals surface area contributed by atoms with E-state index in [-0.39, 0.29) is 5.41 Å². The van der Waals surface area contributed by atoms with Gasteiger partial charge in [0.2, 0.25) is 5.95 Å². The van der Waals surface area contributed by atoms with E-state index in [2.05, 4.69) is 146 Å². The Bertz CT molecular complexity index is 2680. The molecule has 0 bridgehead atoms. The maximum Gasteiger partial charge on any atom is 0.235 e. The first-order valence-electron chi connectivity index (χ1n) is 15.4. The van der Waals surface area contributed by atoms with Crippen molar-refractivity contribution in [3.8, 4) is 28.3 Å². The van der Waals surface area contributed by atoms with Crippen molar-refractivity contribution in [3.05, 3.63) is 139 Å². The second-order valence-electron chi connectivity index (χ2n) is 12.6. The third-order valence-corrected chi connectivity index (χ3v) is 11.0. The van der Waals surface area contributed by atoms with Crippen molar-refractivity contribution in [2.24, 2.45) is 0 Å². The quantitative estimate of drug-likeness (QED) is 0.200. The molecular weight excluding hydrogens is 567 g/mol. The summed E-state index contributed by atoms with van der Waals surface area (Å²) in [5, 5.41) is 6.22. The molecule has 4 heteroatoms. The number of benzene rings is 6. The normalized spacial score (nSPS) is 13.7. The smallest absolute Gasteiger partial charge is 0.235 e. The van der Waals surface area contributed by atoms with E-state index in [9.17, 15) is 0 Å². The van der Waals surface area contributed by atoms with Gasteiger partial charge in [0.15, 0.2) is 0 Å². The minimum absolute atomic E-state index is 0.162. The van der Waals surface area contributed by atoms with Gasteiger partial charge in [-0.2, -0.15) is 0 Å². The molecule has 10 rings (SSSR count). The maximum absolute atomic E-state index is 5.38. The van der Waals surface area contributed by atoms with E-state index >= 15 is 0 Å². The van der Waals surface area contributed by atoms with Crippen molar-refractivity contribution >= 4 is 64.2 Å². The van der Waals surface area contributed by atoms with Crippen LogP contribution in [-0.2, 0) is 5.41 Å². The van der Waals surface area contributed by atoms with E-state index in [0.717, 1.165) is 32.5 Å². The highest BCUT2D eigenvalue weighted by Crippen LogP contribution is 2.53. The van der Waals surface area contributed by atoms with Gasteiger partial charge in [0, 0.05) is 31.8 Å². The van der Waals surface area contributed by atoms with Crippen LogP contribution in [0.2, 0.25) is 0 Å². The van der Waals surface area contributed by atoms with Crippen LogP contribution in [0.25, 0.3) is 81.2 Å². The van der Waals surface area contributed by atoms with Crippen molar-refractivity contribution in [3.63, 3.8) is 0 Å². The monoisotopic (exact) mass is 593 g/mol. The Morgan fingerprint density at radius 2 is 1.33 bits per heavy atom. The Kier molecular flexibility index (Phi) is 4.94. The fraction of sp³-hybridized carbons (Fsp3) is 0.0732. The lowest BCUT2D eigenvalue weighted by Crippen LogP contribution is -2.15. The number of fused-ring (bicyclic) bond motifs is 11. The number of aromatic nitrogens is 3.